The van der Waals surface area contributed by atoms with E-state index in [9.17, 15) is 18.0 Å². The van der Waals surface area contributed by atoms with Crippen LogP contribution in [0.1, 0.15) is 44.7 Å². The largest absolute Gasteiger partial charge is 0.433 e. The number of halogens is 4. The summed E-state index contributed by atoms with van der Waals surface area (Å²) in [4.78, 5) is 22.2. The number of nitrogens with zero attached hydrogens (tertiary/aromatic N) is 3. The Hall–Kier alpha value is -2.55. The maximum atomic E-state index is 13.4. The number of aromatic nitrogens is 1. The van der Waals surface area contributed by atoms with E-state index in [2.05, 4.69) is 15.3 Å². The highest BCUT2D eigenvalue weighted by Gasteiger charge is 2.36. The number of nitrogens with one attached hydrogen (secondary N) is 1. The maximum Gasteiger partial charge on any atom is 0.433 e. The van der Waals surface area contributed by atoms with Crippen molar-refractivity contribution in [1.82, 2.24) is 9.88 Å². The van der Waals surface area contributed by atoms with Gasteiger partial charge in [0, 0.05) is 34.7 Å². The molecule has 1 amide bonds. The van der Waals surface area contributed by atoms with Gasteiger partial charge in [0.1, 0.15) is 11.7 Å². The van der Waals surface area contributed by atoms with E-state index < -0.39 is 11.9 Å². The predicted octanol–water partition coefficient (Wildman–Crippen LogP) is 4.61. The number of anilines is 1. The summed E-state index contributed by atoms with van der Waals surface area (Å²) in [6.07, 6.45) is -0.891. The summed E-state index contributed by atoms with van der Waals surface area (Å²) in [7, 11) is 0. The van der Waals surface area contributed by atoms with Crippen LogP contribution in [-0.4, -0.2) is 46.3 Å². The van der Waals surface area contributed by atoms with E-state index in [-0.39, 0.29) is 29.5 Å². The first-order chi connectivity index (χ1) is 15.1. The molecule has 1 atom stereocenters. The lowest BCUT2D eigenvalue weighted by Gasteiger charge is -2.43. The average molecular weight is 468 g/mol. The van der Waals surface area contributed by atoms with E-state index in [4.69, 9.17) is 17.3 Å². The molecule has 0 bridgehead atoms. The Morgan fingerprint density at radius 3 is 2.56 bits per heavy atom. The fraction of sp³-hybridized carbons (Fsp3) is 0.500. The first-order valence-corrected chi connectivity index (χ1v) is 11.0. The van der Waals surface area contributed by atoms with E-state index in [1.54, 1.807) is 6.07 Å². The van der Waals surface area contributed by atoms with Crippen molar-refractivity contribution in [3.8, 4) is 0 Å². The van der Waals surface area contributed by atoms with Gasteiger partial charge in [-0.05, 0) is 63.3 Å². The van der Waals surface area contributed by atoms with Crippen LogP contribution >= 0.6 is 11.6 Å². The van der Waals surface area contributed by atoms with Crippen molar-refractivity contribution in [1.29, 1.82) is 0 Å². The van der Waals surface area contributed by atoms with Crippen molar-refractivity contribution in [2.45, 2.75) is 63.3 Å². The number of rotatable bonds is 4. The van der Waals surface area contributed by atoms with Gasteiger partial charge < -0.3 is 16.0 Å². The van der Waals surface area contributed by atoms with E-state index in [0.717, 1.165) is 37.6 Å². The monoisotopic (exact) mass is 467 g/mol. The quantitative estimate of drug-likeness (QED) is 0.688. The van der Waals surface area contributed by atoms with Gasteiger partial charge in [0.15, 0.2) is 0 Å². The van der Waals surface area contributed by atoms with Crippen LogP contribution in [-0.2, 0) is 11.0 Å². The molecule has 2 aliphatic rings. The van der Waals surface area contributed by atoms with Crippen LogP contribution in [0.3, 0.4) is 0 Å². The Labute approximate surface area is 189 Å². The number of amidine groups is 1. The van der Waals surface area contributed by atoms with Crippen LogP contribution in [0, 0.1) is 0 Å². The predicted molar refractivity (Wildman–Crippen MR) is 119 cm³/mol. The zero-order valence-corrected chi connectivity index (χ0v) is 18.4. The molecule has 10 heteroatoms. The zero-order valence-electron chi connectivity index (χ0n) is 17.6. The van der Waals surface area contributed by atoms with Crippen molar-refractivity contribution in [3.05, 3.63) is 35.0 Å². The molecule has 4 rings (SSSR count). The highest BCUT2D eigenvalue weighted by atomic mass is 35.5. The molecule has 1 saturated carbocycles. The van der Waals surface area contributed by atoms with Crippen molar-refractivity contribution >= 4 is 39.9 Å². The Kier molecular flexibility index (Phi) is 6.20. The van der Waals surface area contributed by atoms with Crippen LogP contribution in [0.25, 0.3) is 10.9 Å². The third-order valence-electron chi connectivity index (χ3n) is 6.29. The topological polar surface area (TPSA) is 83.6 Å². The second-order valence-electron chi connectivity index (χ2n) is 8.41. The van der Waals surface area contributed by atoms with Gasteiger partial charge in [0.05, 0.1) is 11.4 Å². The number of amides is 1. The highest BCUT2D eigenvalue weighted by molar-refractivity contribution is 6.31. The molecular formula is C22H25ClF3N5O. The fourth-order valence-corrected chi connectivity index (χ4v) is 4.95. The van der Waals surface area contributed by atoms with Crippen molar-refractivity contribution < 1.29 is 18.0 Å². The summed E-state index contributed by atoms with van der Waals surface area (Å²) in [5, 5.41) is 4.28. The van der Waals surface area contributed by atoms with Crippen molar-refractivity contribution in [3.63, 3.8) is 0 Å². The summed E-state index contributed by atoms with van der Waals surface area (Å²) in [5.74, 6) is 0.473. The molecule has 1 aliphatic heterocycles. The van der Waals surface area contributed by atoms with Crippen molar-refractivity contribution in [2.75, 3.05) is 11.9 Å². The van der Waals surface area contributed by atoms with Crippen LogP contribution in [0.2, 0.25) is 5.02 Å². The molecule has 1 aromatic heterocycles. The zero-order chi connectivity index (χ0) is 23.0. The molecule has 2 heterocycles. The number of pyridine rings is 1. The van der Waals surface area contributed by atoms with Crippen LogP contribution in [0.4, 0.5) is 18.9 Å². The van der Waals surface area contributed by atoms with E-state index >= 15 is 0 Å². The first kappa shape index (κ1) is 22.6. The van der Waals surface area contributed by atoms with Gasteiger partial charge in [-0.3, -0.25) is 9.79 Å². The molecule has 3 N–H and O–H groups in total. The summed E-state index contributed by atoms with van der Waals surface area (Å²) >= 11 is 6.09. The third kappa shape index (κ3) is 4.62. The summed E-state index contributed by atoms with van der Waals surface area (Å²) in [5.41, 5.74) is 5.29. The number of hydrogen-bond donors (Lipinski definition) is 2. The molecule has 0 radical (unpaired) electrons. The molecule has 32 heavy (non-hydrogen) atoms. The van der Waals surface area contributed by atoms with Crippen LogP contribution in [0.15, 0.2) is 29.3 Å². The minimum absolute atomic E-state index is 0.00835. The maximum absolute atomic E-state index is 13.4. The van der Waals surface area contributed by atoms with Gasteiger partial charge in [0.2, 0.25) is 5.91 Å². The number of carbonyl (C=O) groups excluding carboxylic acids is 1. The summed E-state index contributed by atoms with van der Waals surface area (Å²) in [6, 6.07) is 5.47. The SMILES string of the molecule is CC1=NCCC(C(N)=O)N1C1CCC(Nc2cc(C(F)(F)F)nc3ccc(Cl)cc23)CC1. The second-order valence-corrected chi connectivity index (χ2v) is 8.84. The van der Waals surface area contributed by atoms with Gasteiger partial charge in [-0.1, -0.05) is 11.6 Å². The molecule has 1 aromatic carbocycles. The molecule has 1 aliphatic carbocycles. The average Bonchev–Trinajstić information content (AvgIpc) is 2.73. The van der Waals surface area contributed by atoms with Gasteiger partial charge in [-0.25, -0.2) is 4.98 Å². The smallest absolute Gasteiger partial charge is 0.382 e. The fourth-order valence-electron chi connectivity index (χ4n) is 4.77. The van der Waals surface area contributed by atoms with Gasteiger partial charge >= 0.3 is 6.18 Å². The lowest BCUT2D eigenvalue weighted by molar-refractivity contribution is -0.140. The van der Waals surface area contributed by atoms with Gasteiger partial charge in [-0.2, -0.15) is 13.2 Å². The van der Waals surface area contributed by atoms with E-state index in [1.165, 1.54) is 12.1 Å². The normalized spacial score (nSPS) is 24.3. The minimum Gasteiger partial charge on any atom is -0.382 e. The van der Waals surface area contributed by atoms with E-state index in [0.29, 0.717) is 29.1 Å². The lowest BCUT2D eigenvalue weighted by Crippen LogP contribution is -2.55. The van der Waals surface area contributed by atoms with E-state index in [1.807, 2.05) is 11.8 Å². The number of aliphatic imine (C=N–C) groups is 1. The Bertz CT molecular complexity index is 1050. The number of alkyl halides is 3. The number of benzene rings is 1. The molecule has 6 nitrogen and oxygen atoms in total. The number of hydrogen-bond acceptors (Lipinski definition) is 5. The minimum atomic E-state index is -4.54. The van der Waals surface area contributed by atoms with Gasteiger partial charge in [0.25, 0.3) is 0 Å². The first-order valence-electron chi connectivity index (χ1n) is 10.7. The Morgan fingerprint density at radius 1 is 1.19 bits per heavy atom. The highest BCUT2D eigenvalue weighted by Crippen LogP contribution is 2.36. The molecule has 1 fully saturated rings. The number of primary amides is 1. The molecular weight excluding hydrogens is 443 g/mol. The molecule has 172 valence electrons. The third-order valence-corrected chi connectivity index (χ3v) is 6.53. The number of carbonyl (C=O) groups is 1. The second kappa shape index (κ2) is 8.77. The molecule has 0 saturated heterocycles. The Morgan fingerprint density at radius 2 is 1.91 bits per heavy atom. The van der Waals surface area contributed by atoms with Crippen LogP contribution in [0.5, 0.6) is 0 Å². The molecule has 2 aromatic rings. The van der Waals surface area contributed by atoms with Gasteiger partial charge in [-0.15, -0.1) is 0 Å². The number of fused-ring (bicyclic) bond motifs is 1. The standard InChI is InChI=1S/C22H25ClF3N5O/c1-12-28-9-8-19(21(27)32)31(12)15-5-3-14(4-6-15)29-18-11-20(22(24,25)26)30-17-7-2-13(23)10-16(17)18/h2,7,10-11,14-15,19H,3-6,8-9H2,1H3,(H2,27,32)(H,29,30). The van der Waals surface area contributed by atoms with Crippen LogP contribution < -0.4 is 11.1 Å². The molecule has 1 unspecified atom stereocenters. The number of nitrogens with two attached hydrogens (primary N) is 1. The Balaban J connectivity index is 1.53. The summed E-state index contributed by atoms with van der Waals surface area (Å²) < 4.78 is 40.1. The summed E-state index contributed by atoms with van der Waals surface area (Å²) in [6.45, 7) is 2.48. The van der Waals surface area contributed by atoms with Crippen molar-refractivity contribution in [2.24, 2.45) is 10.7 Å². The molecule has 0 spiro atoms. The lowest BCUT2D eigenvalue weighted by atomic mass is 9.88.